The minimum atomic E-state index is 0. The monoisotopic (exact) mass is 508 g/mol. The van der Waals surface area contributed by atoms with Crippen LogP contribution in [0.15, 0.2) is 53.5 Å². The van der Waals surface area contributed by atoms with Gasteiger partial charge in [-0.25, -0.2) is 0 Å². The molecule has 1 aliphatic rings. The van der Waals surface area contributed by atoms with Crippen LogP contribution >= 0.6 is 24.0 Å². The molecule has 0 bridgehead atoms. The number of halogens is 1. The molecule has 0 unspecified atom stereocenters. The molecule has 2 aromatic rings. The first kappa shape index (κ1) is 23.5. The second-order valence-electron chi connectivity index (χ2n) is 7.17. The number of ether oxygens (including phenoxy) is 1. The molecule has 1 heterocycles. The second kappa shape index (κ2) is 12.7. The summed E-state index contributed by atoms with van der Waals surface area (Å²) in [4.78, 5) is 6.87. The molecule has 0 atom stereocenters. The quantitative estimate of drug-likeness (QED) is 0.248. The largest absolute Gasteiger partial charge is 0.497 e. The van der Waals surface area contributed by atoms with Crippen LogP contribution in [0.1, 0.15) is 23.1 Å². The number of hydrogen-bond acceptors (Lipinski definition) is 3. The molecule has 0 spiro atoms. The van der Waals surface area contributed by atoms with Crippen LogP contribution in [0.5, 0.6) is 5.75 Å². The third-order valence-electron chi connectivity index (χ3n) is 5.24. The average Bonchev–Trinajstić information content (AvgIpc) is 2.75. The number of nitrogens with zero attached hydrogens (tertiary/aromatic N) is 2. The summed E-state index contributed by atoms with van der Waals surface area (Å²) >= 11 is 0. The standard InChI is InChI=1S/C23H32N4O.HI/c1-24-23(26-15-12-19-8-10-22(28-2)11-9-19)25-14-5-16-27-17-13-20-6-3-4-7-21(20)18-27;/h3-4,6-11H,5,12-18H2,1-2H3,(H2,24,25,26);1H. The van der Waals surface area contributed by atoms with E-state index in [-0.39, 0.29) is 24.0 Å². The van der Waals surface area contributed by atoms with Gasteiger partial charge in [0.25, 0.3) is 0 Å². The predicted octanol–water partition coefficient (Wildman–Crippen LogP) is 3.47. The third-order valence-corrected chi connectivity index (χ3v) is 5.24. The van der Waals surface area contributed by atoms with Crippen LogP contribution in [0.25, 0.3) is 0 Å². The molecule has 0 radical (unpaired) electrons. The Labute approximate surface area is 192 Å². The van der Waals surface area contributed by atoms with Gasteiger partial charge in [-0.05, 0) is 48.1 Å². The SMILES string of the molecule is CN=C(NCCCN1CCc2ccccc2C1)NCCc1ccc(OC)cc1.I. The van der Waals surface area contributed by atoms with Crippen molar-refractivity contribution in [2.24, 2.45) is 4.99 Å². The molecule has 0 aliphatic carbocycles. The number of rotatable bonds is 8. The van der Waals surface area contributed by atoms with E-state index in [1.807, 2.05) is 19.2 Å². The lowest BCUT2D eigenvalue weighted by molar-refractivity contribution is 0.251. The van der Waals surface area contributed by atoms with Gasteiger partial charge in [-0.3, -0.25) is 9.89 Å². The summed E-state index contributed by atoms with van der Waals surface area (Å²) in [6, 6.07) is 17.0. The number of hydrogen-bond donors (Lipinski definition) is 2. The van der Waals surface area contributed by atoms with Gasteiger partial charge in [-0.1, -0.05) is 36.4 Å². The van der Waals surface area contributed by atoms with Crippen molar-refractivity contribution in [3.05, 3.63) is 65.2 Å². The van der Waals surface area contributed by atoms with E-state index < -0.39 is 0 Å². The van der Waals surface area contributed by atoms with E-state index in [0.717, 1.165) is 63.7 Å². The number of guanidine groups is 1. The van der Waals surface area contributed by atoms with Gasteiger partial charge >= 0.3 is 0 Å². The molecule has 158 valence electrons. The Morgan fingerprint density at radius 2 is 1.76 bits per heavy atom. The summed E-state index contributed by atoms with van der Waals surface area (Å²) in [7, 11) is 3.51. The summed E-state index contributed by atoms with van der Waals surface area (Å²) in [6.45, 7) is 5.14. The van der Waals surface area contributed by atoms with Crippen LogP contribution < -0.4 is 15.4 Å². The molecule has 0 amide bonds. The molecule has 6 heteroatoms. The lowest BCUT2D eigenvalue weighted by Gasteiger charge is -2.28. The van der Waals surface area contributed by atoms with Crippen molar-refractivity contribution >= 4 is 29.9 Å². The lowest BCUT2D eigenvalue weighted by Crippen LogP contribution is -2.40. The smallest absolute Gasteiger partial charge is 0.190 e. The molecule has 0 aromatic heterocycles. The van der Waals surface area contributed by atoms with Crippen LogP contribution in [0.4, 0.5) is 0 Å². The number of benzene rings is 2. The van der Waals surface area contributed by atoms with Gasteiger partial charge in [0.05, 0.1) is 7.11 Å². The van der Waals surface area contributed by atoms with Crippen molar-refractivity contribution in [1.29, 1.82) is 0 Å². The van der Waals surface area contributed by atoms with E-state index in [9.17, 15) is 0 Å². The normalized spacial score (nSPS) is 13.9. The predicted molar refractivity (Wildman–Crippen MR) is 132 cm³/mol. The Morgan fingerprint density at radius 1 is 1.03 bits per heavy atom. The zero-order chi connectivity index (χ0) is 19.6. The van der Waals surface area contributed by atoms with Crippen molar-refractivity contribution in [3.63, 3.8) is 0 Å². The third kappa shape index (κ3) is 7.51. The fourth-order valence-corrected chi connectivity index (χ4v) is 3.59. The molecule has 2 aromatic carbocycles. The highest BCUT2D eigenvalue weighted by Gasteiger charge is 2.14. The summed E-state index contributed by atoms with van der Waals surface area (Å²) < 4.78 is 5.20. The van der Waals surface area contributed by atoms with Gasteiger partial charge in [0.1, 0.15) is 5.75 Å². The highest BCUT2D eigenvalue weighted by Crippen LogP contribution is 2.18. The fraction of sp³-hybridized carbons (Fsp3) is 0.435. The van der Waals surface area contributed by atoms with Crippen LogP contribution in [-0.4, -0.2) is 51.2 Å². The minimum absolute atomic E-state index is 0. The highest BCUT2D eigenvalue weighted by atomic mass is 127. The van der Waals surface area contributed by atoms with E-state index in [1.54, 1.807) is 7.11 Å². The molecule has 0 fully saturated rings. The molecule has 3 rings (SSSR count). The zero-order valence-corrected chi connectivity index (χ0v) is 19.8. The van der Waals surface area contributed by atoms with Crippen molar-refractivity contribution in [3.8, 4) is 5.75 Å². The summed E-state index contributed by atoms with van der Waals surface area (Å²) in [5, 5.41) is 6.82. The van der Waals surface area contributed by atoms with E-state index in [1.165, 1.54) is 16.7 Å². The van der Waals surface area contributed by atoms with Gasteiger partial charge in [-0.15, -0.1) is 24.0 Å². The molecule has 0 saturated heterocycles. The molecular weight excluding hydrogens is 475 g/mol. The fourth-order valence-electron chi connectivity index (χ4n) is 3.59. The Hall–Kier alpha value is -1.80. The Morgan fingerprint density at radius 3 is 2.48 bits per heavy atom. The molecule has 2 N–H and O–H groups in total. The van der Waals surface area contributed by atoms with Crippen LogP contribution in [0.3, 0.4) is 0 Å². The van der Waals surface area contributed by atoms with Crippen LogP contribution in [0, 0.1) is 0 Å². The zero-order valence-electron chi connectivity index (χ0n) is 17.5. The lowest BCUT2D eigenvalue weighted by atomic mass is 10.00. The van der Waals surface area contributed by atoms with E-state index in [4.69, 9.17) is 4.74 Å². The molecule has 29 heavy (non-hydrogen) atoms. The summed E-state index contributed by atoms with van der Waals surface area (Å²) in [6.07, 6.45) is 3.23. The van der Waals surface area contributed by atoms with Gasteiger partial charge in [0, 0.05) is 39.8 Å². The highest BCUT2D eigenvalue weighted by molar-refractivity contribution is 14.0. The summed E-state index contributed by atoms with van der Waals surface area (Å²) in [5.41, 5.74) is 4.28. The van der Waals surface area contributed by atoms with Crippen molar-refractivity contribution in [2.45, 2.75) is 25.8 Å². The first-order valence-electron chi connectivity index (χ1n) is 10.1. The van der Waals surface area contributed by atoms with Crippen LogP contribution in [-0.2, 0) is 19.4 Å². The Bertz CT molecular complexity index is 764. The number of nitrogens with one attached hydrogen (secondary N) is 2. The topological polar surface area (TPSA) is 48.9 Å². The van der Waals surface area contributed by atoms with Gasteiger partial charge in [0.15, 0.2) is 5.96 Å². The molecule has 0 saturated carbocycles. The number of methoxy groups -OCH3 is 1. The maximum atomic E-state index is 5.20. The molecule has 1 aliphatic heterocycles. The van der Waals surface area contributed by atoms with Crippen molar-refractivity contribution in [1.82, 2.24) is 15.5 Å². The first-order chi connectivity index (χ1) is 13.8. The molecular formula is C23H33IN4O. The van der Waals surface area contributed by atoms with Gasteiger partial charge in [-0.2, -0.15) is 0 Å². The van der Waals surface area contributed by atoms with E-state index in [2.05, 4.69) is 56.9 Å². The number of fused-ring (bicyclic) bond motifs is 1. The average molecular weight is 508 g/mol. The van der Waals surface area contributed by atoms with Gasteiger partial charge in [0.2, 0.25) is 0 Å². The van der Waals surface area contributed by atoms with Crippen molar-refractivity contribution < 1.29 is 4.74 Å². The minimum Gasteiger partial charge on any atom is -0.497 e. The van der Waals surface area contributed by atoms with Crippen LogP contribution in [0.2, 0.25) is 0 Å². The summed E-state index contributed by atoms with van der Waals surface area (Å²) in [5.74, 6) is 1.77. The maximum Gasteiger partial charge on any atom is 0.190 e. The number of aliphatic imine (C=N–C) groups is 1. The van der Waals surface area contributed by atoms with E-state index >= 15 is 0 Å². The van der Waals surface area contributed by atoms with E-state index in [0.29, 0.717) is 0 Å². The first-order valence-corrected chi connectivity index (χ1v) is 10.1. The van der Waals surface area contributed by atoms with Gasteiger partial charge < -0.3 is 15.4 Å². The molecule has 5 nitrogen and oxygen atoms in total. The second-order valence-corrected chi connectivity index (χ2v) is 7.17. The Balaban J connectivity index is 0.00000300. The maximum absolute atomic E-state index is 5.20. The Kier molecular flexibility index (Phi) is 10.3. The van der Waals surface area contributed by atoms with Crippen molar-refractivity contribution in [2.75, 3.05) is 40.3 Å².